The molecule has 9 nitrogen and oxygen atoms in total. The molecule has 0 radical (unpaired) electrons. The molecule has 1 aromatic heterocycles. The lowest BCUT2D eigenvalue weighted by atomic mass is 10.1. The number of nitriles is 1. The van der Waals surface area contributed by atoms with E-state index in [0.717, 1.165) is 35.7 Å². The number of carbonyl (C=O) groups is 1. The van der Waals surface area contributed by atoms with Crippen LogP contribution in [0.4, 0.5) is 0 Å². The largest absolute Gasteiger partial charge is 0.358 e. The number of hydrogen-bond donors (Lipinski definition) is 3. The summed E-state index contributed by atoms with van der Waals surface area (Å²) in [6, 6.07) is 7.43. The predicted octanol–water partition coefficient (Wildman–Crippen LogP) is 1.19. The molecule has 0 bridgehead atoms. The first-order valence-electron chi connectivity index (χ1n) is 7.83. The standard InChI is InChI=1S/C16H16N6O3S/c1-18-13(23)8-26-16-14(21-25-22-16)15(20-24)19-12-5-4-10-3-2-9(7-17)6-11(10)12/h2-3,6,12,24H,4-5,8H2,1H3,(H,18,23)(H,19,20). The topological polar surface area (TPSA) is 136 Å². The fraction of sp³-hybridized carbons (Fsp3) is 0.312. The van der Waals surface area contributed by atoms with Gasteiger partial charge in [0, 0.05) is 7.05 Å². The van der Waals surface area contributed by atoms with Crippen LogP contribution < -0.4 is 10.8 Å². The quantitative estimate of drug-likeness (QED) is 0.308. The van der Waals surface area contributed by atoms with E-state index < -0.39 is 0 Å². The first-order valence-corrected chi connectivity index (χ1v) is 8.82. The van der Waals surface area contributed by atoms with E-state index in [2.05, 4.69) is 26.7 Å². The van der Waals surface area contributed by atoms with Crippen molar-refractivity contribution in [2.24, 2.45) is 4.99 Å². The third-order valence-corrected chi connectivity index (χ3v) is 4.96. The van der Waals surface area contributed by atoms with Gasteiger partial charge in [0.15, 0.2) is 16.6 Å². The second kappa shape index (κ2) is 7.99. The summed E-state index contributed by atoms with van der Waals surface area (Å²) >= 11 is 1.13. The Bertz CT molecular complexity index is 888. The molecule has 1 amide bonds. The van der Waals surface area contributed by atoms with Gasteiger partial charge in [-0.15, -0.1) is 0 Å². The van der Waals surface area contributed by atoms with E-state index in [9.17, 15) is 10.0 Å². The molecule has 1 aliphatic rings. The fourth-order valence-electron chi connectivity index (χ4n) is 2.71. The highest BCUT2D eigenvalue weighted by Crippen LogP contribution is 2.35. The fourth-order valence-corrected chi connectivity index (χ4v) is 3.48. The van der Waals surface area contributed by atoms with Crippen molar-refractivity contribution in [3.05, 3.63) is 40.6 Å². The molecule has 3 rings (SSSR count). The minimum Gasteiger partial charge on any atom is -0.358 e. The highest BCUT2D eigenvalue weighted by atomic mass is 32.2. The summed E-state index contributed by atoms with van der Waals surface area (Å²) in [6.45, 7) is 0. The number of carbonyl (C=O) groups excluding carboxylic acids is 1. The van der Waals surface area contributed by atoms with Crippen LogP contribution in [0.1, 0.15) is 34.8 Å². The Morgan fingerprint density at radius 2 is 2.38 bits per heavy atom. The molecule has 26 heavy (non-hydrogen) atoms. The van der Waals surface area contributed by atoms with Crippen LogP contribution in [0.2, 0.25) is 0 Å². The molecule has 0 saturated heterocycles. The molecule has 2 aromatic rings. The predicted molar refractivity (Wildman–Crippen MR) is 92.8 cm³/mol. The molecule has 0 saturated carbocycles. The van der Waals surface area contributed by atoms with Crippen LogP contribution in [-0.2, 0) is 11.2 Å². The van der Waals surface area contributed by atoms with Gasteiger partial charge in [-0.3, -0.25) is 20.5 Å². The highest BCUT2D eigenvalue weighted by molar-refractivity contribution is 8.00. The average molecular weight is 372 g/mol. The number of hydrogen-bond acceptors (Lipinski definition) is 8. The number of hydroxylamine groups is 1. The molecule has 1 unspecified atom stereocenters. The van der Waals surface area contributed by atoms with Crippen molar-refractivity contribution < 1.29 is 14.6 Å². The zero-order chi connectivity index (χ0) is 18.5. The summed E-state index contributed by atoms with van der Waals surface area (Å²) in [4.78, 5) is 15.9. The van der Waals surface area contributed by atoms with Crippen molar-refractivity contribution in [3.63, 3.8) is 0 Å². The normalized spacial score (nSPS) is 16.0. The maximum Gasteiger partial charge on any atom is 0.230 e. The Morgan fingerprint density at radius 3 is 3.12 bits per heavy atom. The van der Waals surface area contributed by atoms with Crippen molar-refractivity contribution in [2.75, 3.05) is 12.8 Å². The molecule has 0 fully saturated rings. The van der Waals surface area contributed by atoms with Crippen molar-refractivity contribution in [2.45, 2.75) is 23.9 Å². The molecule has 0 spiro atoms. The SMILES string of the molecule is CNC(=O)CSc1nonc1C(=NC1CCc2ccc(C#N)cc21)NO. The van der Waals surface area contributed by atoms with Crippen molar-refractivity contribution in [3.8, 4) is 6.07 Å². The summed E-state index contributed by atoms with van der Waals surface area (Å²) in [6.07, 6.45) is 1.59. The number of aliphatic imine (C=N–C) groups is 1. The lowest BCUT2D eigenvalue weighted by Crippen LogP contribution is -2.23. The smallest absolute Gasteiger partial charge is 0.230 e. The Hall–Kier alpha value is -2.90. The molecule has 1 heterocycles. The highest BCUT2D eigenvalue weighted by Gasteiger charge is 2.25. The van der Waals surface area contributed by atoms with Gasteiger partial charge in [-0.2, -0.15) is 5.26 Å². The number of fused-ring (bicyclic) bond motifs is 1. The molecular formula is C16H16N6O3S. The van der Waals surface area contributed by atoms with E-state index in [1.54, 1.807) is 13.1 Å². The number of nitrogens with zero attached hydrogens (tertiary/aromatic N) is 4. The molecule has 1 atom stereocenters. The number of amides is 1. The van der Waals surface area contributed by atoms with Crippen LogP contribution in [0.3, 0.4) is 0 Å². The number of thioether (sulfide) groups is 1. The summed E-state index contributed by atoms with van der Waals surface area (Å²) < 4.78 is 4.74. The van der Waals surface area contributed by atoms with E-state index in [1.807, 2.05) is 17.6 Å². The first kappa shape index (κ1) is 17.9. The summed E-state index contributed by atoms with van der Waals surface area (Å²) in [5, 5.41) is 29.0. The Kier molecular flexibility index (Phi) is 5.50. The molecule has 1 aromatic carbocycles. The van der Waals surface area contributed by atoms with Crippen molar-refractivity contribution in [1.82, 2.24) is 21.1 Å². The second-order valence-electron chi connectivity index (χ2n) is 5.55. The third kappa shape index (κ3) is 3.68. The van der Waals surface area contributed by atoms with Crippen molar-refractivity contribution >= 4 is 23.5 Å². The van der Waals surface area contributed by atoms with Gasteiger partial charge in [-0.05, 0) is 46.4 Å². The van der Waals surface area contributed by atoms with Crippen molar-refractivity contribution in [1.29, 1.82) is 5.26 Å². The van der Waals surface area contributed by atoms with E-state index in [0.29, 0.717) is 10.6 Å². The van der Waals surface area contributed by atoms with E-state index in [4.69, 9.17) is 9.89 Å². The lowest BCUT2D eigenvalue weighted by Gasteiger charge is -2.09. The molecule has 0 aliphatic heterocycles. The van der Waals surface area contributed by atoms with E-state index in [1.165, 1.54) is 0 Å². The number of amidine groups is 1. The second-order valence-corrected chi connectivity index (χ2v) is 6.51. The van der Waals surface area contributed by atoms with Gasteiger partial charge < -0.3 is 5.32 Å². The van der Waals surface area contributed by atoms with Gasteiger partial charge >= 0.3 is 0 Å². The van der Waals surface area contributed by atoms with Gasteiger partial charge in [-0.25, -0.2) is 4.63 Å². The van der Waals surface area contributed by atoms with Crippen LogP contribution in [0, 0.1) is 11.3 Å². The van der Waals surface area contributed by atoms with Gasteiger partial charge in [0.2, 0.25) is 5.91 Å². The number of rotatable bonds is 5. The number of aromatic nitrogens is 2. The zero-order valence-electron chi connectivity index (χ0n) is 13.9. The number of benzene rings is 1. The van der Waals surface area contributed by atoms with Crippen LogP contribution in [0.15, 0.2) is 32.8 Å². The number of aryl methyl sites for hydroxylation is 1. The average Bonchev–Trinajstić information content (AvgIpc) is 3.30. The Labute approximate surface area is 153 Å². The van der Waals surface area contributed by atoms with Crippen LogP contribution in [0.25, 0.3) is 0 Å². The monoisotopic (exact) mass is 372 g/mol. The summed E-state index contributed by atoms with van der Waals surface area (Å²) in [5.74, 6) is 0.0628. The van der Waals surface area contributed by atoms with Gasteiger partial charge in [0.1, 0.15) is 0 Å². The minimum atomic E-state index is -0.221. The summed E-state index contributed by atoms with van der Waals surface area (Å²) in [7, 11) is 1.54. The molecule has 134 valence electrons. The maximum absolute atomic E-state index is 11.4. The molecular weight excluding hydrogens is 356 g/mol. The van der Waals surface area contributed by atoms with Gasteiger partial charge in [0.05, 0.1) is 23.4 Å². The third-order valence-electron chi connectivity index (χ3n) is 4.01. The molecule has 10 heteroatoms. The van der Waals surface area contributed by atoms with Crippen LogP contribution >= 0.6 is 11.8 Å². The van der Waals surface area contributed by atoms with E-state index >= 15 is 0 Å². The zero-order valence-corrected chi connectivity index (χ0v) is 14.7. The molecule has 1 aliphatic carbocycles. The van der Waals surface area contributed by atoms with Crippen LogP contribution in [0.5, 0.6) is 0 Å². The minimum absolute atomic E-state index is 0.103. The first-order chi connectivity index (χ1) is 12.7. The van der Waals surface area contributed by atoms with E-state index in [-0.39, 0.29) is 29.2 Å². The van der Waals surface area contributed by atoms with Gasteiger partial charge in [0.25, 0.3) is 0 Å². The lowest BCUT2D eigenvalue weighted by molar-refractivity contribution is -0.118. The molecule has 3 N–H and O–H groups in total. The Morgan fingerprint density at radius 1 is 1.54 bits per heavy atom. The Balaban J connectivity index is 1.86. The van der Waals surface area contributed by atoms with Crippen LogP contribution in [-0.4, -0.2) is 40.1 Å². The number of nitrogens with one attached hydrogen (secondary N) is 2. The maximum atomic E-state index is 11.4. The van der Waals surface area contributed by atoms with Gasteiger partial charge in [-0.1, -0.05) is 17.8 Å². The summed E-state index contributed by atoms with van der Waals surface area (Å²) in [5.41, 5.74) is 4.91.